The Morgan fingerprint density at radius 3 is 2.70 bits per heavy atom. The summed E-state index contributed by atoms with van der Waals surface area (Å²) in [5.74, 6) is 0.0755. The number of fused-ring (bicyclic) bond motifs is 1. The molecule has 2 atom stereocenters. The Morgan fingerprint density at radius 2 is 2.15 bits per heavy atom. The zero-order chi connectivity index (χ0) is 20.4. The van der Waals surface area contributed by atoms with Crippen LogP contribution in [0.5, 0.6) is 0 Å². The molecule has 152 valence electrons. The third-order valence-corrected chi connectivity index (χ3v) is 11.0. The summed E-state index contributed by atoms with van der Waals surface area (Å²) in [5, 5.41) is 6.19. The number of ketones is 1. The van der Waals surface area contributed by atoms with Crippen LogP contribution in [0.15, 0.2) is 12.7 Å². The van der Waals surface area contributed by atoms with E-state index in [-0.39, 0.29) is 22.9 Å². The first-order chi connectivity index (χ1) is 12.5. The standard InChI is InChI=1S/C19H33N3O3SSi/c1-9-10-24-22(6)14-11-20-16(13(2)23)17-18(14)26-15(21-17)12-25-27(7,8)19(3,4)5/h9,14,16,20H,1,10-12H2,2-8H3. The SMILES string of the molecule is C=CCON(C)C1CNC(C(C)=O)c2nc(CO[Si](C)(C)C(C)(C)C)sc21. The number of rotatable bonds is 8. The van der Waals surface area contributed by atoms with Crippen molar-refractivity contribution >= 4 is 25.4 Å². The zero-order valence-corrected chi connectivity index (χ0v) is 19.4. The van der Waals surface area contributed by atoms with Crippen molar-refractivity contribution < 1.29 is 14.1 Å². The van der Waals surface area contributed by atoms with E-state index in [0.717, 1.165) is 15.6 Å². The van der Waals surface area contributed by atoms with Crippen LogP contribution < -0.4 is 5.32 Å². The molecule has 2 rings (SSSR count). The molecule has 1 aliphatic rings. The molecule has 0 spiro atoms. The summed E-state index contributed by atoms with van der Waals surface area (Å²) in [5.41, 5.74) is 0.812. The maximum absolute atomic E-state index is 12.1. The van der Waals surface area contributed by atoms with Gasteiger partial charge in [-0.2, -0.15) is 5.06 Å². The predicted molar refractivity (Wildman–Crippen MR) is 112 cm³/mol. The molecule has 0 aromatic carbocycles. The van der Waals surface area contributed by atoms with Gasteiger partial charge < -0.3 is 9.74 Å². The van der Waals surface area contributed by atoms with Crippen molar-refractivity contribution in [1.82, 2.24) is 15.4 Å². The monoisotopic (exact) mass is 411 g/mol. The molecule has 27 heavy (non-hydrogen) atoms. The normalized spacial score (nSPS) is 20.6. The van der Waals surface area contributed by atoms with E-state index >= 15 is 0 Å². The Hall–Kier alpha value is -0.903. The molecule has 0 saturated heterocycles. The summed E-state index contributed by atoms with van der Waals surface area (Å²) < 4.78 is 6.34. The van der Waals surface area contributed by atoms with E-state index in [9.17, 15) is 4.79 Å². The van der Waals surface area contributed by atoms with Crippen LogP contribution in [0.3, 0.4) is 0 Å². The first kappa shape index (κ1) is 22.4. The molecule has 1 aliphatic heterocycles. The van der Waals surface area contributed by atoms with E-state index in [1.165, 1.54) is 0 Å². The Labute approximate surface area is 168 Å². The van der Waals surface area contributed by atoms with Crippen LogP contribution in [-0.4, -0.2) is 44.3 Å². The molecule has 1 N–H and O–H groups in total. The van der Waals surface area contributed by atoms with Crippen LogP contribution >= 0.6 is 11.3 Å². The summed E-state index contributed by atoms with van der Waals surface area (Å²) in [4.78, 5) is 23.6. The van der Waals surface area contributed by atoms with Gasteiger partial charge in [-0.15, -0.1) is 17.9 Å². The highest BCUT2D eigenvalue weighted by Crippen LogP contribution is 2.39. The van der Waals surface area contributed by atoms with Crippen molar-refractivity contribution in [2.45, 2.75) is 64.5 Å². The third kappa shape index (κ3) is 5.13. The minimum absolute atomic E-state index is 0.00895. The number of carbonyl (C=O) groups excluding carboxylic acids is 1. The molecule has 2 heterocycles. The van der Waals surface area contributed by atoms with Gasteiger partial charge in [0.25, 0.3) is 0 Å². The molecule has 1 aromatic rings. The molecule has 0 saturated carbocycles. The van der Waals surface area contributed by atoms with Crippen molar-refractivity contribution in [2.24, 2.45) is 0 Å². The second-order valence-electron chi connectivity index (χ2n) is 8.50. The second kappa shape index (κ2) is 8.63. The van der Waals surface area contributed by atoms with Gasteiger partial charge in [-0.1, -0.05) is 26.8 Å². The molecule has 0 fully saturated rings. The first-order valence-corrected chi connectivity index (χ1v) is 13.0. The first-order valence-electron chi connectivity index (χ1n) is 9.32. The van der Waals surface area contributed by atoms with Crippen LogP contribution in [0.4, 0.5) is 0 Å². The second-order valence-corrected chi connectivity index (χ2v) is 14.4. The molecular formula is C19H33N3O3SSi. The lowest BCUT2D eigenvalue weighted by Crippen LogP contribution is -2.42. The van der Waals surface area contributed by atoms with E-state index in [2.05, 4.69) is 45.8 Å². The Balaban J connectivity index is 2.26. The van der Waals surface area contributed by atoms with Crippen LogP contribution in [0.2, 0.25) is 18.1 Å². The minimum Gasteiger partial charge on any atom is -0.410 e. The lowest BCUT2D eigenvalue weighted by molar-refractivity contribution is -0.159. The summed E-state index contributed by atoms with van der Waals surface area (Å²) in [7, 11) is 0.0441. The Kier molecular flexibility index (Phi) is 7.15. The smallest absolute Gasteiger partial charge is 0.192 e. The molecule has 0 radical (unpaired) electrons. The van der Waals surface area contributed by atoms with Crippen LogP contribution in [0.1, 0.15) is 55.4 Å². The number of carbonyl (C=O) groups is 1. The lowest BCUT2D eigenvalue weighted by atomic mass is 10.0. The van der Waals surface area contributed by atoms with Gasteiger partial charge in [0.1, 0.15) is 11.0 Å². The summed E-state index contributed by atoms with van der Waals surface area (Å²) in [6.45, 7) is 18.0. The Morgan fingerprint density at radius 1 is 1.48 bits per heavy atom. The fourth-order valence-electron chi connectivity index (χ4n) is 2.67. The van der Waals surface area contributed by atoms with Gasteiger partial charge in [0.05, 0.1) is 29.8 Å². The number of Topliss-reactive ketones (excluding diaryl/α,β-unsaturated/α-hetero) is 1. The minimum atomic E-state index is -1.86. The molecule has 6 nitrogen and oxygen atoms in total. The number of likely N-dealkylation sites (N-methyl/N-ethyl adjacent to an activating group) is 1. The van der Waals surface area contributed by atoms with Gasteiger partial charge in [-0.05, 0) is 25.1 Å². The number of hydroxylamine groups is 2. The number of nitrogens with one attached hydrogen (secondary N) is 1. The number of thiazole rings is 1. The topological polar surface area (TPSA) is 63.7 Å². The highest BCUT2D eigenvalue weighted by molar-refractivity contribution is 7.11. The van der Waals surface area contributed by atoms with Crippen LogP contribution in [-0.2, 0) is 20.7 Å². The third-order valence-electron chi connectivity index (χ3n) is 5.42. The maximum atomic E-state index is 12.1. The van der Waals surface area contributed by atoms with E-state index in [4.69, 9.17) is 14.2 Å². The summed E-state index contributed by atoms with van der Waals surface area (Å²) in [6, 6.07) is -0.350. The predicted octanol–water partition coefficient (Wildman–Crippen LogP) is 3.99. The lowest BCUT2D eigenvalue weighted by Gasteiger charge is -2.35. The van der Waals surface area contributed by atoms with Gasteiger partial charge >= 0.3 is 0 Å². The zero-order valence-electron chi connectivity index (χ0n) is 17.6. The molecule has 8 heteroatoms. The highest BCUT2D eigenvalue weighted by Gasteiger charge is 2.39. The number of hydrogen-bond donors (Lipinski definition) is 1. The summed E-state index contributed by atoms with van der Waals surface area (Å²) in [6.07, 6.45) is 1.72. The van der Waals surface area contributed by atoms with Crippen molar-refractivity contribution in [2.75, 3.05) is 20.2 Å². The van der Waals surface area contributed by atoms with Crippen molar-refractivity contribution in [3.8, 4) is 0 Å². The van der Waals surface area contributed by atoms with E-state index < -0.39 is 8.32 Å². The molecule has 0 aliphatic carbocycles. The number of hydrogen-bond acceptors (Lipinski definition) is 7. The van der Waals surface area contributed by atoms with Gasteiger partial charge in [0.15, 0.2) is 14.1 Å². The number of aromatic nitrogens is 1. The summed E-state index contributed by atoms with van der Waals surface area (Å²) >= 11 is 1.62. The molecule has 0 bridgehead atoms. The molecular weight excluding hydrogens is 378 g/mol. The van der Waals surface area contributed by atoms with Gasteiger partial charge in [-0.25, -0.2) is 4.98 Å². The van der Waals surface area contributed by atoms with Crippen LogP contribution in [0, 0.1) is 0 Å². The highest BCUT2D eigenvalue weighted by atomic mass is 32.1. The van der Waals surface area contributed by atoms with E-state index in [1.54, 1.807) is 24.3 Å². The fourth-order valence-corrected chi connectivity index (χ4v) is 4.85. The average molecular weight is 412 g/mol. The van der Waals surface area contributed by atoms with Crippen molar-refractivity contribution in [3.05, 3.63) is 28.2 Å². The molecule has 2 unspecified atom stereocenters. The quantitative estimate of drug-likeness (QED) is 0.396. The Bertz CT molecular complexity index is 684. The largest absolute Gasteiger partial charge is 0.410 e. The maximum Gasteiger partial charge on any atom is 0.192 e. The van der Waals surface area contributed by atoms with Crippen LogP contribution in [0.25, 0.3) is 0 Å². The van der Waals surface area contributed by atoms with E-state index in [0.29, 0.717) is 19.8 Å². The van der Waals surface area contributed by atoms with Crippen molar-refractivity contribution in [3.63, 3.8) is 0 Å². The van der Waals surface area contributed by atoms with Gasteiger partial charge in [0, 0.05) is 13.6 Å². The number of nitrogens with zero attached hydrogens (tertiary/aromatic N) is 2. The van der Waals surface area contributed by atoms with Crippen molar-refractivity contribution in [1.29, 1.82) is 0 Å². The fraction of sp³-hybridized carbons (Fsp3) is 0.684. The van der Waals surface area contributed by atoms with E-state index in [1.807, 2.05) is 12.1 Å². The van der Waals surface area contributed by atoms with Gasteiger partial charge in [0.2, 0.25) is 0 Å². The molecule has 1 aromatic heterocycles. The molecule has 0 amide bonds. The average Bonchev–Trinajstić information content (AvgIpc) is 2.99. The van der Waals surface area contributed by atoms with Gasteiger partial charge in [-0.3, -0.25) is 9.63 Å².